The van der Waals surface area contributed by atoms with Crippen molar-refractivity contribution in [2.75, 3.05) is 5.32 Å². The monoisotopic (exact) mass is 280 g/mol. The van der Waals surface area contributed by atoms with Gasteiger partial charge in [0.05, 0.1) is 0 Å². The second-order valence-electron chi connectivity index (χ2n) is 7.87. The van der Waals surface area contributed by atoms with E-state index in [0.29, 0.717) is 16.9 Å². The molecule has 3 unspecified atom stereocenters. The maximum absolute atomic E-state index is 4.64. The molecule has 0 aliphatic heterocycles. The molecule has 2 heteroatoms. The second kappa shape index (κ2) is 4.22. The second-order valence-corrected chi connectivity index (χ2v) is 7.87. The zero-order valence-electron chi connectivity index (χ0n) is 13.2. The molecule has 0 saturated heterocycles. The summed E-state index contributed by atoms with van der Waals surface area (Å²) >= 11 is 0. The van der Waals surface area contributed by atoms with E-state index in [1.165, 1.54) is 30.0 Å². The summed E-state index contributed by atoms with van der Waals surface area (Å²) < 4.78 is 0. The quantitative estimate of drug-likeness (QED) is 0.849. The zero-order valence-corrected chi connectivity index (χ0v) is 13.2. The molecule has 2 aliphatic rings. The summed E-state index contributed by atoms with van der Waals surface area (Å²) in [6, 6.07) is 11.1. The molecule has 21 heavy (non-hydrogen) atoms. The van der Waals surface area contributed by atoms with Crippen molar-refractivity contribution >= 4 is 16.6 Å². The molecule has 2 aromatic rings. The Kier molecular flexibility index (Phi) is 2.64. The molecule has 2 fully saturated rings. The van der Waals surface area contributed by atoms with Crippen LogP contribution in [0.15, 0.2) is 36.5 Å². The van der Waals surface area contributed by atoms with E-state index in [9.17, 15) is 0 Å². The fraction of sp³-hybridized carbons (Fsp3) is 0.526. The summed E-state index contributed by atoms with van der Waals surface area (Å²) in [7, 11) is 0. The van der Waals surface area contributed by atoms with Gasteiger partial charge in [-0.15, -0.1) is 0 Å². The van der Waals surface area contributed by atoms with E-state index in [1.54, 1.807) is 0 Å². The van der Waals surface area contributed by atoms with Crippen LogP contribution in [0.3, 0.4) is 0 Å². The Morgan fingerprint density at radius 1 is 1.14 bits per heavy atom. The van der Waals surface area contributed by atoms with Gasteiger partial charge >= 0.3 is 0 Å². The van der Waals surface area contributed by atoms with Gasteiger partial charge in [0.1, 0.15) is 5.82 Å². The normalized spacial score (nSPS) is 33.5. The fourth-order valence-electron chi connectivity index (χ4n) is 5.03. The molecule has 2 bridgehead atoms. The first kappa shape index (κ1) is 13.1. The molecule has 1 heterocycles. The lowest BCUT2D eigenvalue weighted by molar-refractivity contribution is 0.155. The molecular weight excluding hydrogens is 256 g/mol. The van der Waals surface area contributed by atoms with Gasteiger partial charge < -0.3 is 5.32 Å². The molecule has 110 valence electrons. The Bertz CT molecular complexity index is 681. The van der Waals surface area contributed by atoms with Gasteiger partial charge in [-0.2, -0.15) is 0 Å². The Balaban J connectivity index is 1.75. The highest BCUT2D eigenvalue weighted by atomic mass is 15.1. The third-order valence-corrected chi connectivity index (χ3v) is 6.22. The van der Waals surface area contributed by atoms with Crippen LogP contribution in [-0.4, -0.2) is 11.0 Å². The summed E-state index contributed by atoms with van der Waals surface area (Å²) in [5.74, 6) is 1.91. The van der Waals surface area contributed by atoms with Gasteiger partial charge in [-0.25, -0.2) is 4.98 Å². The molecule has 3 atom stereocenters. The first-order valence-corrected chi connectivity index (χ1v) is 8.11. The molecule has 0 spiro atoms. The number of pyridine rings is 1. The van der Waals surface area contributed by atoms with Crippen LogP contribution < -0.4 is 5.32 Å². The SMILES string of the molecule is CC12CCC(C1)C(C)(C)C2Nc1nccc2ccccc12. The minimum atomic E-state index is 0.353. The summed E-state index contributed by atoms with van der Waals surface area (Å²) in [6.45, 7) is 7.33. The number of aromatic nitrogens is 1. The van der Waals surface area contributed by atoms with Gasteiger partial charge in [-0.05, 0) is 47.5 Å². The number of hydrogen-bond acceptors (Lipinski definition) is 2. The highest BCUT2D eigenvalue weighted by Crippen LogP contribution is 2.63. The van der Waals surface area contributed by atoms with Gasteiger partial charge in [0, 0.05) is 17.6 Å². The van der Waals surface area contributed by atoms with Crippen LogP contribution in [-0.2, 0) is 0 Å². The molecule has 1 aromatic carbocycles. The summed E-state index contributed by atoms with van der Waals surface area (Å²) in [5.41, 5.74) is 0.776. The fourth-order valence-corrected chi connectivity index (χ4v) is 5.03. The number of nitrogens with one attached hydrogen (secondary N) is 1. The van der Waals surface area contributed by atoms with Crippen molar-refractivity contribution < 1.29 is 0 Å². The number of nitrogens with zero attached hydrogens (tertiary/aromatic N) is 1. The number of fused-ring (bicyclic) bond motifs is 3. The Morgan fingerprint density at radius 2 is 1.95 bits per heavy atom. The van der Waals surface area contributed by atoms with Gasteiger partial charge in [0.15, 0.2) is 0 Å². The van der Waals surface area contributed by atoms with E-state index >= 15 is 0 Å². The number of rotatable bonds is 2. The van der Waals surface area contributed by atoms with E-state index in [2.05, 4.69) is 61.4 Å². The highest BCUT2D eigenvalue weighted by molar-refractivity contribution is 5.91. The van der Waals surface area contributed by atoms with Crippen LogP contribution in [0.2, 0.25) is 0 Å². The molecule has 2 nitrogen and oxygen atoms in total. The van der Waals surface area contributed by atoms with Crippen LogP contribution in [0.1, 0.15) is 40.0 Å². The van der Waals surface area contributed by atoms with E-state index < -0.39 is 0 Å². The molecule has 0 radical (unpaired) electrons. The highest BCUT2D eigenvalue weighted by Gasteiger charge is 2.59. The van der Waals surface area contributed by atoms with Crippen molar-refractivity contribution in [3.05, 3.63) is 36.5 Å². The largest absolute Gasteiger partial charge is 0.366 e. The average Bonchev–Trinajstić information content (AvgIpc) is 2.95. The van der Waals surface area contributed by atoms with Crippen LogP contribution in [0.4, 0.5) is 5.82 Å². The smallest absolute Gasteiger partial charge is 0.134 e. The van der Waals surface area contributed by atoms with Crippen LogP contribution in [0.5, 0.6) is 0 Å². The van der Waals surface area contributed by atoms with Crippen LogP contribution in [0, 0.1) is 16.7 Å². The van der Waals surface area contributed by atoms with E-state index in [-0.39, 0.29) is 0 Å². The number of benzene rings is 1. The maximum Gasteiger partial charge on any atom is 0.134 e. The topological polar surface area (TPSA) is 24.9 Å². The Morgan fingerprint density at radius 3 is 2.71 bits per heavy atom. The third-order valence-electron chi connectivity index (χ3n) is 6.22. The lowest BCUT2D eigenvalue weighted by Crippen LogP contribution is -2.46. The minimum absolute atomic E-state index is 0.353. The Labute approximate surface area is 127 Å². The van der Waals surface area contributed by atoms with Gasteiger partial charge in [0.2, 0.25) is 0 Å². The van der Waals surface area contributed by atoms with E-state index in [0.717, 1.165) is 11.7 Å². The van der Waals surface area contributed by atoms with Crippen LogP contribution >= 0.6 is 0 Å². The molecule has 2 aliphatic carbocycles. The summed E-state index contributed by atoms with van der Waals surface area (Å²) in [4.78, 5) is 4.64. The standard InChI is InChI=1S/C19H24N2/c1-18(2)14-8-10-19(3,12-14)17(18)21-16-15-7-5-4-6-13(15)9-11-20-16/h4-7,9,11,14,17H,8,10,12H2,1-3H3,(H,20,21). The zero-order chi connectivity index (χ0) is 14.7. The maximum atomic E-state index is 4.64. The molecule has 4 rings (SSSR count). The molecule has 0 amide bonds. The predicted octanol–water partition coefficient (Wildman–Crippen LogP) is 4.86. The van der Waals surface area contributed by atoms with Crippen molar-refractivity contribution in [1.82, 2.24) is 4.98 Å². The van der Waals surface area contributed by atoms with Gasteiger partial charge in [0.25, 0.3) is 0 Å². The number of hydrogen-bond donors (Lipinski definition) is 1. The van der Waals surface area contributed by atoms with Crippen molar-refractivity contribution in [2.45, 2.75) is 46.1 Å². The van der Waals surface area contributed by atoms with Crippen LogP contribution in [0.25, 0.3) is 10.8 Å². The molecular formula is C19H24N2. The average molecular weight is 280 g/mol. The third kappa shape index (κ3) is 1.81. The predicted molar refractivity (Wildman–Crippen MR) is 88.4 cm³/mol. The molecule has 1 aromatic heterocycles. The summed E-state index contributed by atoms with van der Waals surface area (Å²) in [6.07, 6.45) is 6.03. The minimum Gasteiger partial charge on any atom is -0.366 e. The van der Waals surface area contributed by atoms with Crippen molar-refractivity contribution in [3.8, 4) is 0 Å². The van der Waals surface area contributed by atoms with E-state index in [4.69, 9.17) is 0 Å². The van der Waals surface area contributed by atoms with Crippen molar-refractivity contribution in [3.63, 3.8) is 0 Å². The van der Waals surface area contributed by atoms with Crippen molar-refractivity contribution in [1.29, 1.82) is 0 Å². The van der Waals surface area contributed by atoms with Crippen molar-refractivity contribution in [2.24, 2.45) is 16.7 Å². The molecule has 2 saturated carbocycles. The Hall–Kier alpha value is -1.57. The van der Waals surface area contributed by atoms with Gasteiger partial charge in [-0.1, -0.05) is 45.0 Å². The summed E-state index contributed by atoms with van der Waals surface area (Å²) in [5, 5.41) is 6.34. The first-order chi connectivity index (χ1) is 10.0. The van der Waals surface area contributed by atoms with Gasteiger partial charge in [-0.3, -0.25) is 0 Å². The van der Waals surface area contributed by atoms with E-state index in [1.807, 2.05) is 6.20 Å². The lowest BCUT2D eigenvalue weighted by atomic mass is 9.68. The first-order valence-electron chi connectivity index (χ1n) is 8.11. The molecule has 1 N–H and O–H groups in total. The lowest BCUT2D eigenvalue weighted by Gasteiger charge is -2.43. The number of anilines is 1.